The van der Waals surface area contributed by atoms with Crippen LogP contribution in [0.3, 0.4) is 0 Å². The standard InChI is InChI=1S/C16H24F2N2/c1-3-6-12-10-20(13(4-2)9-19-12)11-14-15(17)7-5-8-16(14)18/h5,7-8,12-13,19H,3-4,6,9-11H2,1-2H3. The van der Waals surface area contributed by atoms with Gasteiger partial charge in [-0.15, -0.1) is 0 Å². The highest BCUT2D eigenvalue weighted by Crippen LogP contribution is 2.20. The molecule has 0 radical (unpaired) electrons. The van der Waals surface area contributed by atoms with Crippen LogP contribution in [-0.2, 0) is 6.54 Å². The van der Waals surface area contributed by atoms with Gasteiger partial charge in [0, 0.05) is 37.3 Å². The molecule has 0 spiro atoms. The van der Waals surface area contributed by atoms with Crippen molar-refractivity contribution < 1.29 is 8.78 Å². The molecule has 112 valence electrons. The smallest absolute Gasteiger partial charge is 0.130 e. The van der Waals surface area contributed by atoms with Crippen molar-refractivity contribution in [1.82, 2.24) is 10.2 Å². The molecule has 0 bridgehead atoms. The van der Waals surface area contributed by atoms with Crippen molar-refractivity contribution in [3.8, 4) is 0 Å². The van der Waals surface area contributed by atoms with E-state index in [4.69, 9.17) is 0 Å². The summed E-state index contributed by atoms with van der Waals surface area (Å²) in [4.78, 5) is 2.22. The lowest BCUT2D eigenvalue weighted by Gasteiger charge is -2.40. The molecule has 0 saturated carbocycles. The van der Waals surface area contributed by atoms with Crippen LogP contribution in [0.5, 0.6) is 0 Å². The van der Waals surface area contributed by atoms with E-state index in [1.165, 1.54) is 18.2 Å². The van der Waals surface area contributed by atoms with Crippen molar-refractivity contribution in [2.24, 2.45) is 0 Å². The van der Waals surface area contributed by atoms with Crippen molar-refractivity contribution in [3.05, 3.63) is 35.4 Å². The second kappa shape index (κ2) is 7.14. The molecule has 0 aliphatic carbocycles. The Morgan fingerprint density at radius 1 is 1.25 bits per heavy atom. The van der Waals surface area contributed by atoms with Crippen molar-refractivity contribution in [3.63, 3.8) is 0 Å². The number of hydrogen-bond acceptors (Lipinski definition) is 2. The SMILES string of the molecule is CCCC1CN(Cc2c(F)cccc2F)C(CC)CN1. The van der Waals surface area contributed by atoms with Crippen LogP contribution in [0.4, 0.5) is 8.78 Å². The van der Waals surface area contributed by atoms with Gasteiger partial charge >= 0.3 is 0 Å². The number of halogens is 2. The van der Waals surface area contributed by atoms with Gasteiger partial charge in [0.1, 0.15) is 11.6 Å². The second-order valence-corrected chi connectivity index (χ2v) is 5.59. The number of hydrogen-bond donors (Lipinski definition) is 1. The minimum absolute atomic E-state index is 0.197. The summed E-state index contributed by atoms with van der Waals surface area (Å²) in [5, 5.41) is 3.54. The predicted octanol–water partition coefficient (Wildman–Crippen LogP) is 3.32. The van der Waals surface area contributed by atoms with Crippen LogP contribution in [0.1, 0.15) is 38.7 Å². The van der Waals surface area contributed by atoms with Gasteiger partial charge in [0.15, 0.2) is 0 Å². The first-order valence-electron chi connectivity index (χ1n) is 7.56. The highest BCUT2D eigenvalue weighted by Gasteiger charge is 2.27. The van der Waals surface area contributed by atoms with E-state index in [0.29, 0.717) is 18.6 Å². The molecule has 1 N–H and O–H groups in total. The molecule has 2 unspecified atom stereocenters. The van der Waals surface area contributed by atoms with Gasteiger partial charge in [0.05, 0.1) is 0 Å². The molecule has 1 aliphatic heterocycles. The van der Waals surface area contributed by atoms with Crippen molar-refractivity contribution in [1.29, 1.82) is 0 Å². The second-order valence-electron chi connectivity index (χ2n) is 5.59. The lowest BCUT2D eigenvalue weighted by molar-refractivity contribution is 0.113. The Morgan fingerprint density at radius 3 is 2.55 bits per heavy atom. The fourth-order valence-electron chi connectivity index (χ4n) is 2.95. The average molecular weight is 282 g/mol. The molecule has 0 aromatic heterocycles. The number of piperazine rings is 1. The van der Waals surface area contributed by atoms with Crippen molar-refractivity contribution >= 4 is 0 Å². The van der Waals surface area contributed by atoms with Gasteiger partial charge in [-0.3, -0.25) is 4.90 Å². The molecular weight excluding hydrogens is 258 g/mol. The zero-order chi connectivity index (χ0) is 14.5. The molecular formula is C16H24F2N2. The van der Waals surface area contributed by atoms with E-state index >= 15 is 0 Å². The maximum absolute atomic E-state index is 13.8. The molecule has 1 aromatic rings. The lowest BCUT2D eigenvalue weighted by Crippen LogP contribution is -2.55. The molecule has 1 fully saturated rings. The maximum Gasteiger partial charge on any atom is 0.130 e. The molecule has 0 amide bonds. The first-order valence-corrected chi connectivity index (χ1v) is 7.56. The summed E-state index contributed by atoms with van der Waals surface area (Å²) in [6.07, 6.45) is 3.21. The summed E-state index contributed by atoms with van der Waals surface area (Å²) >= 11 is 0. The Morgan fingerprint density at radius 2 is 1.95 bits per heavy atom. The van der Waals surface area contributed by atoms with Crippen molar-refractivity contribution in [2.75, 3.05) is 13.1 Å². The van der Waals surface area contributed by atoms with Crippen LogP contribution in [-0.4, -0.2) is 30.1 Å². The topological polar surface area (TPSA) is 15.3 Å². The molecule has 20 heavy (non-hydrogen) atoms. The van der Waals surface area contributed by atoms with Crippen LogP contribution in [0, 0.1) is 11.6 Å². The van der Waals surface area contributed by atoms with Crippen LogP contribution in [0.2, 0.25) is 0 Å². The summed E-state index contributed by atoms with van der Waals surface area (Å²) in [7, 11) is 0. The fourth-order valence-corrected chi connectivity index (χ4v) is 2.95. The van der Waals surface area contributed by atoms with Crippen LogP contribution in [0.15, 0.2) is 18.2 Å². The molecule has 2 atom stereocenters. The molecule has 1 saturated heterocycles. The Hall–Kier alpha value is -1.00. The van der Waals surface area contributed by atoms with Crippen LogP contribution < -0.4 is 5.32 Å². The monoisotopic (exact) mass is 282 g/mol. The largest absolute Gasteiger partial charge is 0.311 e. The Bertz CT molecular complexity index is 416. The molecule has 4 heteroatoms. The lowest BCUT2D eigenvalue weighted by atomic mass is 10.0. The number of benzene rings is 1. The number of nitrogens with one attached hydrogen (secondary N) is 1. The maximum atomic E-state index is 13.8. The molecule has 1 aromatic carbocycles. The highest BCUT2D eigenvalue weighted by atomic mass is 19.1. The number of nitrogens with zero attached hydrogens (tertiary/aromatic N) is 1. The fraction of sp³-hybridized carbons (Fsp3) is 0.625. The van der Waals surface area contributed by atoms with E-state index in [-0.39, 0.29) is 5.56 Å². The third-order valence-electron chi connectivity index (χ3n) is 4.14. The molecule has 1 aliphatic rings. The number of rotatable bonds is 5. The minimum Gasteiger partial charge on any atom is -0.311 e. The summed E-state index contributed by atoms with van der Waals surface area (Å²) < 4.78 is 27.6. The summed E-state index contributed by atoms with van der Waals surface area (Å²) in [6.45, 7) is 6.40. The molecule has 2 nitrogen and oxygen atoms in total. The van der Waals surface area contributed by atoms with Crippen LogP contribution >= 0.6 is 0 Å². The van der Waals surface area contributed by atoms with Gasteiger partial charge in [0.2, 0.25) is 0 Å². The predicted molar refractivity (Wildman–Crippen MR) is 77.5 cm³/mol. The van der Waals surface area contributed by atoms with Gasteiger partial charge in [0.25, 0.3) is 0 Å². The van der Waals surface area contributed by atoms with E-state index in [1.54, 1.807) is 0 Å². The Kier molecular flexibility index (Phi) is 5.49. The Labute approximate surface area is 120 Å². The zero-order valence-corrected chi connectivity index (χ0v) is 12.3. The summed E-state index contributed by atoms with van der Waals surface area (Å²) in [5.74, 6) is -0.879. The van der Waals surface area contributed by atoms with E-state index in [2.05, 4.69) is 24.1 Å². The normalized spacial score (nSPS) is 24.0. The third-order valence-corrected chi connectivity index (χ3v) is 4.14. The van der Waals surface area contributed by atoms with Gasteiger partial charge in [-0.2, -0.15) is 0 Å². The highest BCUT2D eigenvalue weighted by molar-refractivity contribution is 5.19. The first-order chi connectivity index (χ1) is 9.65. The average Bonchev–Trinajstić information content (AvgIpc) is 2.44. The first kappa shape index (κ1) is 15.4. The summed E-state index contributed by atoms with van der Waals surface area (Å²) in [5.41, 5.74) is 0.197. The molecule has 2 rings (SSSR count). The Balaban J connectivity index is 2.11. The van der Waals surface area contributed by atoms with Gasteiger partial charge in [-0.1, -0.05) is 26.3 Å². The quantitative estimate of drug-likeness (QED) is 0.891. The van der Waals surface area contributed by atoms with Gasteiger partial charge < -0.3 is 5.32 Å². The minimum atomic E-state index is -0.439. The van der Waals surface area contributed by atoms with E-state index < -0.39 is 11.6 Å². The zero-order valence-electron chi connectivity index (χ0n) is 12.3. The van der Waals surface area contributed by atoms with Gasteiger partial charge in [-0.25, -0.2) is 8.78 Å². The van der Waals surface area contributed by atoms with E-state index in [1.807, 2.05) is 0 Å². The summed E-state index contributed by atoms with van der Waals surface area (Å²) in [6, 6.07) is 4.87. The van der Waals surface area contributed by atoms with Gasteiger partial charge in [-0.05, 0) is 25.0 Å². The van der Waals surface area contributed by atoms with Crippen molar-refractivity contribution in [2.45, 2.75) is 51.7 Å². The third kappa shape index (κ3) is 3.55. The molecule has 1 heterocycles. The van der Waals surface area contributed by atoms with Crippen LogP contribution in [0.25, 0.3) is 0 Å². The van der Waals surface area contributed by atoms with E-state index in [0.717, 1.165) is 32.4 Å². The van der Waals surface area contributed by atoms with E-state index in [9.17, 15) is 8.78 Å².